The van der Waals surface area contributed by atoms with Crippen molar-refractivity contribution in [1.82, 2.24) is 0 Å². The molecule has 1 unspecified atom stereocenters. The largest absolute Gasteiger partial charge is 0.392 e. The molecule has 1 rings (SSSR count). The average molecular weight is 246 g/mol. The molecular formula is C13H17F3O. The van der Waals surface area contributed by atoms with Crippen LogP contribution in [0.4, 0.5) is 13.2 Å². The number of rotatable bonds is 3. The third kappa shape index (κ3) is 4.04. The lowest BCUT2D eigenvalue weighted by Gasteiger charge is -2.25. The first-order valence-corrected chi connectivity index (χ1v) is 5.51. The van der Waals surface area contributed by atoms with Gasteiger partial charge in [-0.2, -0.15) is 13.2 Å². The lowest BCUT2D eigenvalue weighted by molar-refractivity contribution is -0.174. The van der Waals surface area contributed by atoms with E-state index in [1.54, 1.807) is 24.3 Å². The van der Waals surface area contributed by atoms with E-state index in [2.05, 4.69) is 0 Å². The Morgan fingerprint density at radius 2 is 1.59 bits per heavy atom. The summed E-state index contributed by atoms with van der Waals surface area (Å²) in [7, 11) is 0. The molecule has 0 aromatic heterocycles. The molecule has 0 aliphatic rings. The number of benzene rings is 1. The van der Waals surface area contributed by atoms with Crippen molar-refractivity contribution in [3.63, 3.8) is 0 Å². The standard InChI is InChI=1S/C13H17F3O/c1-9(2)10-4-6-11(7-5-10)12(3,17)8-13(14,15)16/h4-7,9,17H,8H2,1-3H3. The Labute approximate surface area is 99.3 Å². The zero-order valence-corrected chi connectivity index (χ0v) is 10.2. The molecule has 0 radical (unpaired) electrons. The molecule has 0 amide bonds. The van der Waals surface area contributed by atoms with Gasteiger partial charge in [0.05, 0.1) is 12.0 Å². The zero-order chi connectivity index (χ0) is 13.3. The van der Waals surface area contributed by atoms with Gasteiger partial charge in [0, 0.05) is 0 Å². The maximum atomic E-state index is 12.3. The molecule has 0 fully saturated rings. The Bertz CT molecular complexity index is 363. The Kier molecular flexibility index (Phi) is 3.87. The van der Waals surface area contributed by atoms with Gasteiger partial charge < -0.3 is 5.11 Å². The van der Waals surface area contributed by atoms with E-state index in [1.807, 2.05) is 13.8 Å². The molecule has 0 bridgehead atoms. The summed E-state index contributed by atoms with van der Waals surface area (Å²) in [6.45, 7) is 5.19. The average Bonchev–Trinajstić information content (AvgIpc) is 2.14. The molecule has 0 heterocycles. The molecule has 1 aromatic carbocycles. The van der Waals surface area contributed by atoms with E-state index in [4.69, 9.17) is 0 Å². The van der Waals surface area contributed by atoms with Gasteiger partial charge >= 0.3 is 6.18 Å². The fraction of sp³-hybridized carbons (Fsp3) is 0.538. The molecule has 0 spiro atoms. The Balaban J connectivity index is 2.92. The lowest BCUT2D eigenvalue weighted by atomic mass is 9.90. The van der Waals surface area contributed by atoms with Gasteiger partial charge in [-0.3, -0.25) is 0 Å². The van der Waals surface area contributed by atoms with Crippen LogP contribution < -0.4 is 0 Å². The fourth-order valence-corrected chi connectivity index (χ4v) is 1.72. The van der Waals surface area contributed by atoms with Gasteiger partial charge in [-0.25, -0.2) is 0 Å². The topological polar surface area (TPSA) is 20.2 Å². The van der Waals surface area contributed by atoms with Gasteiger partial charge in [-0.15, -0.1) is 0 Å². The molecule has 0 aliphatic heterocycles. The smallest absolute Gasteiger partial charge is 0.385 e. The molecule has 1 aromatic rings. The highest BCUT2D eigenvalue weighted by molar-refractivity contribution is 5.28. The van der Waals surface area contributed by atoms with Gasteiger partial charge in [0.15, 0.2) is 0 Å². The second-order valence-corrected chi connectivity index (χ2v) is 4.84. The predicted molar refractivity (Wildman–Crippen MR) is 60.8 cm³/mol. The van der Waals surface area contributed by atoms with Crippen LogP contribution in [0.25, 0.3) is 0 Å². The Morgan fingerprint density at radius 3 is 1.94 bits per heavy atom. The van der Waals surface area contributed by atoms with E-state index in [0.717, 1.165) is 5.56 Å². The minimum atomic E-state index is -4.37. The van der Waals surface area contributed by atoms with Crippen LogP contribution in [0.15, 0.2) is 24.3 Å². The van der Waals surface area contributed by atoms with E-state index >= 15 is 0 Å². The number of alkyl halides is 3. The first-order valence-electron chi connectivity index (χ1n) is 5.51. The second kappa shape index (κ2) is 4.69. The number of hydrogen-bond donors (Lipinski definition) is 1. The summed E-state index contributed by atoms with van der Waals surface area (Å²) < 4.78 is 36.9. The first-order chi connectivity index (χ1) is 7.62. The van der Waals surface area contributed by atoms with Crippen molar-refractivity contribution in [2.24, 2.45) is 0 Å². The van der Waals surface area contributed by atoms with E-state index in [-0.39, 0.29) is 0 Å². The van der Waals surface area contributed by atoms with Gasteiger partial charge in [0.2, 0.25) is 0 Å². The van der Waals surface area contributed by atoms with Crippen LogP contribution in [0.2, 0.25) is 0 Å². The monoisotopic (exact) mass is 246 g/mol. The number of hydrogen-bond acceptors (Lipinski definition) is 1. The van der Waals surface area contributed by atoms with Crippen molar-refractivity contribution in [2.45, 2.75) is 44.9 Å². The molecule has 0 aliphatic carbocycles. The van der Waals surface area contributed by atoms with E-state index in [1.165, 1.54) is 6.92 Å². The van der Waals surface area contributed by atoms with Gasteiger partial charge in [-0.05, 0) is 24.0 Å². The quantitative estimate of drug-likeness (QED) is 0.855. The van der Waals surface area contributed by atoms with Gasteiger partial charge in [0.1, 0.15) is 0 Å². The molecule has 96 valence electrons. The van der Waals surface area contributed by atoms with Crippen molar-refractivity contribution in [3.05, 3.63) is 35.4 Å². The summed E-state index contributed by atoms with van der Waals surface area (Å²) in [5, 5.41) is 9.83. The third-order valence-electron chi connectivity index (χ3n) is 2.74. The van der Waals surface area contributed by atoms with Crippen LogP contribution in [0.5, 0.6) is 0 Å². The van der Waals surface area contributed by atoms with Crippen molar-refractivity contribution in [1.29, 1.82) is 0 Å². The summed E-state index contributed by atoms with van der Waals surface area (Å²) in [5.41, 5.74) is -0.538. The minimum absolute atomic E-state index is 0.291. The normalized spacial score (nSPS) is 16.0. The fourth-order valence-electron chi connectivity index (χ4n) is 1.72. The minimum Gasteiger partial charge on any atom is -0.385 e. The molecule has 17 heavy (non-hydrogen) atoms. The Hall–Kier alpha value is -1.03. The summed E-state index contributed by atoms with van der Waals surface area (Å²) in [6.07, 6.45) is -5.61. The molecule has 1 nitrogen and oxygen atoms in total. The van der Waals surface area contributed by atoms with E-state index < -0.39 is 18.2 Å². The van der Waals surface area contributed by atoms with Crippen molar-refractivity contribution in [2.75, 3.05) is 0 Å². The van der Waals surface area contributed by atoms with Gasteiger partial charge in [-0.1, -0.05) is 38.1 Å². The summed E-state index contributed by atoms with van der Waals surface area (Å²) in [4.78, 5) is 0. The van der Waals surface area contributed by atoms with Crippen LogP contribution in [-0.4, -0.2) is 11.3 Å². The van der Waals surface area contributed by atoms with Crippen molar-refractivity contribution >= 4 is 0 Å². The first kappa shape index (κ1) is 14.0. The van der Waals surface area contributed by atoms with Crippen molar-refractivity contribution in [3.8, 4) is 0 Å². The maximum absolute atomic E-state index is 12.3. The summed E-state index contributed by atoms with van der Waals surface area (Å²) in [6, 6.07) is 6.62. The van der Waals surface area contributed by atoms with Crippen LogP contribution >= 0.6 is 0 Å². The molecule has 0 saturated heterocycles. The number of aliphatic hydroxyl groups is 1. The SMILES string of the molecule is CC(C)c1ccc(C(C)(O)CC(F)(F)F)cc1. The molecular weight excluding hydrogens is 229 g/mol. The number of halogens is 3. The van der Waals surface area contributed by atoms with Crippen molar-refractivity contribution < 1.29 is 18.3 Å². The van der Waals surface area contributed by atoms with E-state index in [9.17, 15) is 18.3 Å². The van der Waals surface area contributed by atoms with E-state index in [0.29, 0.717) is 11.5 Å². The van der Waals surface area contributed by atoms with Crippen LogP contribution in [0.3, 0.4) is 0 Å². The van der Waals surface area contributed by atoms with Crippen LogP contribution in [0.1, 0.15) is 44.2 Å². The third-order valence-corrected chi connectivity index (χ3v) is 2.74. The highest BCUT2D eigenvalue weighted by Gasteiger charge is 2.39. The second-order valence-electron chi connectivity index (χ2n) is 4.84. The highest BCUT2D eigenvalue weighted by atomic mass is 19.4. The Morgan fingerprint density at radius 1 is 1.12 bits per heavy atom. The molecule has 1 atom stereocenters. The zero-order valence-electron chi connectivity index (χ0n) is 10.2. The predicted octanol–water partition coefficient (Wildman–Crippen LogP) is 3.97. The van der Waals surface area contributed by atoms with Crippen LogP contribution in [-0.2, 0) is 5.60 Å². The van der Waals surface area contributed by atoms with Gasteiger partial charge in [0.25, 0.3) is 0 Å². The summed E-state index contributed by atoms with van der Waals surface area (Å²) in [5.74, 6) is 0.316. The molecule has 4 heteroatoms. The summed E-state index contributed by atoms with van der Waals surface area (Å²) >= 11 is 0. The van der Waals surface area contributed by atoms with Crippen LogP contribution in [0, 0.1) is 0 Å². The lowest BCUT2D eigenvalue weighted by Crippen LogP contribution is -2.28. The maximum Gasteiger partial charge on any atom is 0.392 e. The molecule has 1 N–H and O–H groups in total. The highest BCUT2D eigenvalue weighted by Crippen LogP contribution is 2.34. The molecule has 0 saturated carbocycles.